The first-order valence-electron chi connectivity index (χ1n) is 12.4. The molecule has 1 saturated heterocycles. The van der Waals surface area contributed by atoms with Gasteiger partial charge in [0.05, 0.1) is 6.61 Å². The zero-order valence-electron chi connectivity index (χ0n) is 20.8. The number of allylic oxidation sites excluding steroid dienone is 1. The first-order chi connectivity index (χ1) is 15.7. The highest BCUT2D eigenvalue weighted by Gasteiger charge is 2.40. The number of nitrogens with one attached hydrogen (secondary N) is 1. The Kier molecular flexibility index (Phi) is 6.84. The smallest absolute Gasteiger partial charge is 0.278 e. The van der Waals surface area contributed by atoms with Crippen LogP contribution in [0, 0.1) is 18.8 Å². The van der Waals surface area contributed by atoms with Crippen molar-refractivity contribution in [3.05, 3.63) is 28.4 Å². The van der Waals surface area contributed by atoms with Crippen LogP contribution in [0.2, 0.25) is 0 Å². The summed E-state index contributed by atoms with van der Waals surface area (Å²) < 4.78 is 11.5. The normalized spacial score (nSPS) is 27.1. The van der Waals surface area contributed by atoms with Gasteiger partial charge in [-0.2, -0.15) is 0 Å². The molecular formula is C25H38N4O4. The number of nitrogens with zero attached hydrogens (tertiary/aromatic N) is 3. The highest BCUT2D eigenvalue weighted by molar-refractivity contribution is 6.03. The van der Waals surface area contributed by atoms with Gasteiger partial charge in [0.1, 0.15) is 18.0 Å². The van der Waals surface area contributed by atoms with E-state index in [4.69, 9.17) is 9.26 Å². The van der Waals surface area contributed by atoms with Crippen molar-refractivity contribution in [3.63, 3.8) is 0 Å². The summed E-state index contributed by atoms with van der Waals surface area (Å²) in [6, 6.07) is 0.206. The molecule has 0 radical (unpaired) electrons. The van der Waals surface area contributed by atoms with Crippen molar-refractivity contribution in [1.82, 2.24) is 20.3 Å². The van der Waals surface area contributed by atoms with Crippen LogP contribution in [0.3, 0.4) is 0 Å². The Morgan fingerprint density at radius 3 is 2.52 bits per heavy atom. The minimum atomic E-state index is -0.421. The number of amides is 2. The molecule has 1 aromatic heterocycles. The average molecular weight is 459 g/mol. The minimum absolute atomic E-state index is 0.0462. The second kappa shape index (κ2) is 9.49. The average Bonchev–Trinajstić information content (AvgIpc) is 3.43. The molecule has 33 heavy (non-hydrogen) atoms. The Morgan fingerprint density at radius 2 is 1.88 bits per heavy atom. The van der Waals surface area contributed by atoms with Gasteiger partial charge in [-0.25, -0.2) is 0 Å². The molecule has 4 rings (SSSR count). The van der Waals surface area contributed by atoms with Crippen molar-refractivity contribution < 1.29 is 18.8 Å². The topological polar surface area (TPSA) is 87.9 Å². The summed E-state index contributed by atoms with van der Waals surface area (Å²) in [6.07, 6.45) is 6.14. The molecular weight excluding hydrogens is 420 g/mol. The Balaban J connectivity index is 1.53. The van der Waals surface area contributed by atoms with E-state index in [1.54, 1.807) is 0 Å². The Labute approximate surface area is 196 Å². The van der Waals surface area contributed by atoms with E-state index in [-0.39, 0.29) is 29.9 Å². The van der Waals surface area contributed by atoms with Gasteiger partial charge in [0.25, 0.3) is 11.8 Å². The third kappa shape index (κ3) is 4.42. The van der Waals surface area contributed by atoms with Crippen LogP contribution in [0.1, 0.15) is 94.1 Å². The quantitative estimate of drug-likeness (QED) is 0.714. The van der Waals surface area contributed by atoms with Gasteiger partial charge in [-0.1, -0.05) is 38.3 Å². The summed E-state index contributed by atoms with van der Waals surface area (Å²) in [7, 11) is 1.97. The molecule has 3 atom stereocenters. The summed E-state index contributed by atoms with van der Waals surface area (Å²) in [6.45, 7) is 10.8. The third-order valence-corrected chi connectivity index (χ3v) is 7.95. The molecule has 0 bridgehead atoms. The fourth-order valence-corrected chi connectivity index (χ4v) is 5.40. The molecule has 8 nitrogen and oxygen atoms in total. The highest BCUT2D eigenvalue weighted by atomic mass is 16.5. The summed E-state index contributed by atoms with van der Waals surface area (Å²) >= 11 is 0. The maximum Gasteiger partial charge on any atom is 0.278 e. The maximum atomic E-state index is 13.5. The van der Waals surface area contributed by atoms with E-state index in [9.17, 15) is 9.59 Å². The number of carbonyl (C=O) groups excluding carboxylic acids is 2. The lowest BCUT2D eigenvalue weighted by molar-refractivity contribution is -0.139. The Hall–Kier alpha value is -2.35. The second-order valence-electron chi connectivity index (χ2n) is 10.2. The van der Waals surface area contributed by atoms with Crippen molar-refractivity contribution in [1.29, 1.82) is 0 Å². The molecule has 3 heterocycles. The van der Waals surface area contributed by atoms with Gasteiger partial charge in [0, 0.05) is 24.4 Å². The number of carbonyl (C=O) groups is 2. The number of ether oxygens (including phenoxy) is 1. The molecule has 0 aromatic carbocycles. The monoisotopic (exact) mass is 458 g/mol. The standard InChI is InChI=1S/C25H38N4O4/c1-14(2)18-12-20(32-13-18)23-15(3)21(27-33-23)24(30)26-22-16(4)28(6)17(5)29(25(22)31)19-10-8-7-9-11-19/h14,17-20H,7-13H2,1-6H3,(H,26,30)/t17-,18+,20-/m0/s1. The van der Waals surface area contributed by atoms with Crippen LogP contribution in [-0.2, 0) is 9.53 Å². The third-order valence-electron chi connectivity index (χ3n) is 7.95. The van der Waals surface area contributed by atoms with Crippen molar-refractivity contribution in [2.45, 2.75) is 91.5 Å². The molecule has 0 unspecified atom stereocenters. The van der Waals surface area contributed by atoms with E-state index in [0.29, 0.717) is 35.5 Å². The molecule has 1 N–H and O–H groups in total. The van der Waals surface area contributed by atoms with Crippen LogP contribution in [0.25, 0.3) is 0 Å². The number of rotatable bonds is 5. The van der Waals surface area contributed by atoms with Gasteiger partial charge in [-0.3, -0.25) is 9.59 Å². The molecule has 2 fully saturated rings. The highest BCUT2D eigenvalue weighted by Crippen LogP contribution is 2.38. The van der Waals surface area contributed by atoms with Crippen LogP contribution in [0.15, 0.2) is 15.9 Å². The van der Waals surface area contributed by atoms with Crippen LogP contribution in [-0.4, -0.2) is 52.6 Å². The van der Waals surface area contributed by atoms with Crippen molar-refractivity contribution in [2.75, 3.05) is 13.7 Å². The first kappa shape index (κ1) is 23.8. The Morgan fingerprint density at radius 1 is 1.18 bits per heavy atom. The summed E-state index contributed by atoms with van der Waals surface area (Å²) in [5, 5.41) is 6.93. The van der Waals surface area contributed by atoms with E-state index in [1.165, 1.54) is 6.42 Å². The van der Waals surface area contributed by atoms with Crippen molar-refractivity contribution >= 4 is 11.8 Å². The van der Waals surface area contributed by atoms with Gasteiger partial charge in [0.15, 0.2) is 11.5 Å². The first-order valence-corrected chi connectivity index (χ1v) is 12.4. The molecule has 182 valence electrons. The van der Waals surface area contributed by atoms with E-state index < -0.39 is 5.91 Å². The van der Waals surface area contributed by atoms with Crippen LogP contribution in [0.5, 0.6) is 0 Å². The minimum Gasteiger partial charge on any atom is -0.370 e. The lowest BCUT2D eigenvalue weighted by Crippen LogP contribution is -2.58. The SMILES string of the molecule is CC1=C(NC(=O)c2noc([C@@H]3C[C@@H](C(C)C)CO3)c2C)C(=O)N(C2CCCCC2)[C@@H](C)N1C. The Bertz CT molecular complexity index is 931. The molecule has 1 saturated carbocycles. The molecule has 0 spiro atoms. The number of aromatic nitrogens is 1. The van der Waals surface area contributed by atoms with Gasteiger partial charge >= 0.3 is 0 Å². The van der Waals surface area contributed by atoms with E-state index in [2.05, 4.69) is 36.1 Å². The van der Waals surface area contributed by atoms with E-state index in [1.807, 2.05) is 25.8 Å². The van der Waals surface area contributed by atoms with Gasteiger partial charge in [-0.15, -0.1) is 0 Å². The number of hydrogen-bond acceptors (Lipinski definition) is 6. The zero-order valence-corrected chi connectivity index (χ0v) is 20.8. The molecule has 1 aromatic rings. The summed E-state index contributed by atoms with van der Waals surface area (Å²) in [5.41, 5.74) is 1.97. The van der Waals surface area contributed by atoms with Crippen LogP contribution >= 0.6 is 0 Å². The lowest BCUT2D eigenvalue weighted by Gasteiger charge is -2.47. The fourth-order valence-electron chi connectivity index (χ4n) is 5.40. The van der Waals surface area contributed by atoms with E-state index in [0.717, 1.165) is 37.8 Å². The molecule has 1 aliphatic carbocycles. The van der Waals surface area contributed by atoms with Gasteiger partial charge in [0.2, 0.25) is 0 Å². The zero-order chi connectivity index (χ0) is 23.9. The van der Waals surface area contributed by atoms with Crippen molar-refractivity contribution in [2.24, 2.45) is 11.8 Å². The predicted molar refractivity (Wildman–Crippen MR) is 124 cm³/mol. The summed E-state index contributed by atoms with van der Waals surface area (Å²) in [4.78, 5) is 30.7. The van der Waals surface area contributed by atoms with Crippen LogP contribution < -0.4 is 5.32 Å². The number of hydrogen-bond donors (Lipinski definition) is 1. The fraction of sp³-hybridized carbons (Fsp3) is 0.720. The lowest BCUT2D eigenvalue weighted by atomic mass is 9.92. The second-order valence-corrected chi connectivity index (χ2v) is 10.2. The van der Waals surface area contributed by atoms with Gasteiger partial charge < -0.3 is 24.4 Å². The van der Waals surface area contributed by atoms with Crippen molar-refractivity contribution in [3.8, 4) is 0 Å². The molecule has 3 aliphatic rings. The van der Waals surface area contributed by atoms with Crippen LogP contribution in [0.4, 0.5) is 0 Å². The maximum absolute atomic E-state index is 13.5. The largest absolute Gasteiger partial charge is 0.370 e. The summed E-state index contributed by atoms with van der Waals surface area (Å²) in [5.74, 6) is 1.07. The van der Waals surface area contributed by atoms with Gasteiger partial charge in [-0.05, 0) is 51.9 Å². The predicted octanol–water partition coefficient (Wildman–Crippen LogP) is 4.13. The van der Waals surface area contributed by atoms with E-state index >= 15 is 0 Å². The molecule has 8 heteroatoms. The molecule has 2 aliphatic heterocycles. The molecule has 2 amide bonds.